The Labute approximate surface area is 148 Å². The summed E-state index contributed by atoms with van der Waals surface area (Å²) < 4.78 is -0.0282. The van der Waals surface area contributed by atoms with Crippen LogP contribution in [0.5, 0.6) is 0 Å². The Kier molecular flexibility index (Phi) is 10.6. The quantitative estimate of drug-likeness (QED) is 0.335. The number of hydrogen-bond donors (Lipinski definition) is 2. The van der Waals surface area contributed by atoms with Gasteiger partial charge in [0.05, 0.1) is 23.6 Å². The van der Waals surface area contributed by atoms with Crippen molar-refractivity contribution in [2.45, 2.75) is 63.5 Å². The van der Waals surface area contributed by atoms with Crippen molar-refractivity contribution in [2.75, 3.05) is 6.54 Å². The normalized spacial score (nSPS) is 15.4. The minimum Gasteiger partial charge on any atom is -0.390 e. The van der Waals surface area contributed by atoms with Crippen molar-refractivity contribution in [3.05, 3.63) is 23.8 Å². The van der Waals surface area contributed by atoms with Crippen molar-refractivity contribution in [3.63, 3.8) is 0 Å². The standard InChI is InChI=1S/C16H26Cl3NO2/c1-11(8-9-14(21)16(3,4)22)6-5-7-12(2)13(17)10-20-15(18)19/h6,13-14,21-22H,2,5,7-10H2,1,3-4H3/b11-6+/t13?,14-/m0/s1. The zero-order valence-corrected chi connectivity index (χ0v) is 15.7. The molecule has 0 fully saturated rings. The van der Waals surface area contributed by atoms with Gasteiger partial charge in [-0.05, 0) is 69.7 Å². The van der Waals surface area contributed by atoms with Gasteiger partial charge in [-0.2, -0.15) is 0 Å². The Morgan fingerprint density at radius 1 is 1.32 bits per heavy atom. The van der Waals surface area contributed by atoms with Gasteiger partial charge in [0.25, 0.3) is 0 Å². The summed E-state index contributed by atoms with van der Waals surface area (Å²) in [5, 5.41) is 19.2. The minimum atomic E-state index is -1.06. The number of halogens is 3. The van der Waals surface area contributed by atoms with Gasteiger partial charge < -0.3 is 10.2 Å². The number of rotatable bonds is 10. The van der Waals surface area contributed by atoms with Gasteiger partial charge >= 0.3 is 0 Å². The van der Waals surface area contributed by atoms with Gasteiger partial charge in [0.2, 0.25) is 0 Å². The first-order valence-electron chi connectivity index (χ1n) is 7.27. The first kappa shape index (κ1) is 21.9. The number of hydrogen-bond acceptors (Lipinski definition) is 3. The third-order valence-electron chi connectivity index (χ3n) is 3.40. The first-order chi connectivity index (χ1) is 10.0. The first-order valence-corrected chi connectivity index (χ1v) is 8.46. The van der Waals surface area contributed by atoms with E-state index in [1.54, 1.807) is 13.8 Å². The van der Waals surface area contributed by atoms with Crippen LogP contribution in [0.4, 0.5) is 0 Å². The maximum absolute atomic E-state index is 9.78. The highest BCUT2D eigenvalue weighted by atomic mass is 35.5. The fourth-order valence-corrected chi connectivity index (χ4v) is 2.07. The largest absolute Gasteiger partial charge is 0.390 e. The van der Waals surface area contributed by atoms with Crippen molar-refractivity contribution in [3.8, 4) is 0 Å². The highest BCUT2D eigenvalue weighted by molar-refractivity contribution is 6.95. The average Bonchev–Trinajstić information content (AvgIpc) is 2.40. The summed E-state index contributed by atoms with van der Waals surface area (Å²) in [4.78, 5) is 3.85. The molecule has 0 heterocycles. The molecule has 0 aliphatic rings. The van der Waals surface area contributed by atoms with Crippen LogP contribution in [-0.2, 0) is 0 Å². The molecule has 0 aromatic rings. The monoisotopic (exact) mass is 369 g/mol. The zero-order valence-electron chi connectivity index (χ0n) is 13.5. The number of aliphatic imine (C=N–C) groups is 1. The Balaban J connectivity index is 4.10. The van der Waals surface area contributed by atoms with E-state index in [4.69, 9.17) is 34.8 Å². The van der Waals surface area contributed by atoms with Crippen molar-refractivity contribution < 1.29 is 10.2 Å². The molecule has 2 atom stereocenters. The lowest BCUT2D eigenvalue weighted by atomic mass is 9.95. The smallest absolute Gasteiger partial charge is 0.192 e. The molecule has 0 aromatic carbocycles. The van der Waals surface area contributed by atoms with Crippen molar-refractivity contribution in [1.29, 1.82) is 0 Å². The maximum Gasteiger partial charge on any atom is 0.192 e. The molecule has 6 heteroatoms. The van der Waals surface area contributed by atoms with Gasteiger partial charge in [0.1, 0.15) is 0 Å². The van der Waals surface area contributed by atoms with Crippen molar-refractivity contribution >= 4 is 39.4 Å². The fraction of sp³-hybridized carbons (Fsp3) is 0.688. The summed E-state index contributed by atoms with van der Waals surface area (Å²) >= 11 is 17.0. The third kappa shape index (κ3) is 10.6. The Bertz CT molecular complexity index is 410. The van der Waals surface area contributed by atoms with E-state index in [1.807, 2.05) is 6.92 Å². The van der Waals surface area contributed by atoms with Crippen LogP contribution in [0, 0.1) is 0 Å². The summed E-state index contributed by atoms with van der Waals surface area (Å²) in [6, 6.07) is 0. The molecule has 2 N–H and O–H groups in total. The predicted molar refractivity (Wildman–Crippen MR) is 97.3 cm³/mol. The molecule has 0 amide bonds. The van der Waals surface area contributed by atoms with E-state index in [0.717, 1.165) is 24.8 Å². The second kappa shape index (κ2) is 10.7. The van der Waals surface area contributed by atoms with Crippen LogP contribution < -0.4 is 0 Å². The van der Waals surface area contributed by atoms with Crippen LogP contribution in [0.25, 0.3) is 0 Å². The molecule has 0 radical (unpaired) electrons. The molecule has 0 bridgehead atoms. The lowest BCUT2D eigenvalue weighted by Gasteiger charge is -2.24. The van der Waals surface area contributed by atoms with Crippen LogP contribution in [-0.4, -0.2) is 38.5 Å². The topological polar surface area (TPSA) is 52.8 Å². The van der Waals surface area contributed by atoms with Gasteiger partial charge in [0, 0.05) is 0 Å². The van der Waals surface area contributed by atoms with E-state index in [-0.39, 0.29) is 10.0 Å². The van der Waals surface area contributed by atoms with Crippen LogP contribution >= 0.6 is 34.8 Å². The van der Waals surface area contributed by atoms with E-state index in [0.29, 0.717) is 13.0 Å². The van der Waals surface area contributed by atoms with Gasteiger partial charge in [0.15, 0.2) is 4.63 Å². The number of nitrogens with zero attached hydrogens (tertiary/aromatic N) is 1. The summed E-state index contributed by atoms with van der Waals surface area (Å²) in [7, 11) is 0. The lowest BCUT2D eigenvalue weighted by molar-refractivity contribution is -0.0509. The Hall–Kier alpha value is -0.0600. The van der Waals surface area contributed by atoms with E-state index in [1.165, 1.54) is 5.57 Å². The number of allylic oxidation sites excluding steroid dienone is 2. The second-order valence-electron chi connectivity index (χ2n) is 6.00. The number of alkyl halides is 1. The second-order valence-corrected chi connectivity index (χ2v) is 7.44. The van der Waals surface area contributed by atoms with Gasteiger partial charge in [-0.25, -0.2) is 0 Å². The molecule has 0 aliphatic heterocycles. The molecule has 0 aliphatic carbocycles. The van der Waals surface area contributed by atoms with Crippen LogP contribution in [0.3, 0.4) is 0 Å². The van der Waals surface area contributed by atoms with Gasteiger partial charge in [-0.1, -0.05) is 23.8 Å². The van der Waals surface area contributed by atoms with E-state index < -0.39 is 11.7 Å². The van der Waals surface area contributed by atoms with E-state index >= 15 is 0 Å². The van der Waals surface area contributed by atoms with E-state index in [2.05, 4.69) is 17.6 Å². The fourth-order valence-electron chi connectivity index (χ4n) is 1.76. The third-order valence-corrected chi connectivity index (χ3v) is 4.09. The molecular formula is C16H26Cl3NO2. The van der Waals surface area contributed by atoms with Crippen LogP contribution in [0.2, 0.25) is 0 Å². The van der Waals surface area contributed by atoms with Crippen molar-refractivity contribution in [1.82, 2.24) is 0 Å². The molecule has 0 saturated heterocycles. The maximum atomic E-state index is 9.78. The molecule has 22 heavy (non-hydrogen) atoms. The lowest BCUT2D eigenvalue weighted by Crippen LogP contribution is -2.35. The molecule has 128 valence electrons. The highest BCUT2D eigenvalue weighted by Crippen LogP contribution is 2.19. The highest BCUT2D eigenvalue weighted by Gasteiger charge is 2.23. The van der Waals surface area contributed by atoms with E-state index in [9.17, 15) is 10.2 Å². The number of aliphatic hydroxyl groups is 2. The predicted octanol–water partition coefficient (Wildman–Crippen LogP) is 4.62. The molecule has 0 spiro atoms. The van der Waals surface area contributed by atoms with Gasteiger partial charge in [-0.3, -0.25) is 4.99 Å². The van der Waals surface area contributed by atoms with Gasteiger partial charge in [-0.15, -0.1) is 11.6 Å². The van der Waals surface area contributed by atoms with Crippen molar-refractivity contribution in [2.24, 2.45) is 4.99 Å². The summed E-state index contributed by atoms with van der Waals surface area (Å²) in [5.41, 5.74) is 0.995. The minimum absolute atomic E-state index is 0.0282. The number of aliphatic hydroxyl groups excluding tert-OH is 1. The summed E-state index contributed by atoms with van der Waals surface area (Å²) in [6.45, 7) is 9.49. The molecule has 0 rings (SSSR count). The molecule has 3 nitrogen and oxygen atoms in total. The van der Waals surface area contributed by atoms with Crippen LogP contribution in [0.1, 0.15) is 46.5 Å². The molecule has 1 unspecified atom stereocenters. The zero-order chi connectivity index (χ0) is 17.3. The Morgan fingerprint density at radius 2 is 1.91 bits per heavy atom. The van der Waals surface area contributed by atoms with Crippen LogP contribution in [0.15, 0.2) is 28.8 Å². The molecule has 0 aromatic heterocycles. The molecule has 0 saturated carbocycles. The summed E-state index contributed by atoms with van der Waals surface area (Å²) in [5.74, 6) is 0. The summed E-state index contributed by atoms with van der Waals surface area (Å²) in [6.07, 6.45) is 4.24. The average molecular weight is 371 g/mol. The Morgan fingerprint density at radius 3 is 2.41 bits per heavy atom. The SMILES string of the molecule is C=C(CC/C=C(\C)CC[C@H](O)C(C)(C)O)C(Cl)CN=C(Cl)Cl. The molecular weight excluding hydrogens is 345 g/mol.